The number of nitrogens with zero attached hydrogens (tertiary/aromatic N) is 1. The molecule has 0 radical (unpaired) electrons. The largest absolute Gasteiger partial charge is 0.441 e. The van der Waals surface area contributed by atoms with E-state index in [1.807, 2.05) is 37.3 Å². The van der Waals surface area contributed by atoms with Crippen LogP contribution in [0.4, 0.5) is 0 Å². The highest BCUT2D eigenvalue weighted by Gasteiger charge is 2.16. The second-order valence-corrected chi connectivity index (χ2v) is 7.69. The van der Waals surface area contributed by atoms with E-state index < -0.39 is 10.0 Å². The lowest BCUT2D eigenvalue weighted by molar-refractivity contribution is 0.560. The summed E-state index contributed by atoms with van der Waals surface area (Å²) < 4.78 is 33.1. The van der Waals surface area contributed by atoms with Gasteiger partial charge in [-0.3, -0.25) is 0 Å². The minimum Gasteiger partial charge on any atom is -0.441 e. The predicted octanol–water partition coefficient (Wildman–Crippen LogP) is 3.27. The highest BCUT2D eigenvalue weighted by molar-refractivity contribution is 7.89. The molecule has 0 saturated carbocycles. The minimum atomic E-state index is -3.51. The maximum atomic E-state index is 12.5. The first kappa shape index (κ1) is 16.7. The van der Waals surface area contributed by atoms with Gasteiger partial charge in [0.1, 0.15) is 5.52 Å². The lowest BCUT2D eigenvalue weighted by atomic mass is 10.1. The van der Waals surface area contributed by atoms with Crippen LogP contribution in [0, 0.1) is 20.8 Å². The van der Waals surface area contributed by atoms with Crippen molar-refractivity contribution < 1.29 is 12.8 Å². The first-order valence-corrected chi connectivity index (χ1v) is 9.26. The molecular formula is C18H20N2O3S. The predicted molar refractivity (Wildman–Crippen MR) is 93.6 cm³/mol. The number of fused-ring (bicyclic) bond motifs is 1. The van der Waals surface area contributed by atoms with Crippen molar-refractivity contribution in [3.8, 4) is 0 Å². The first-order valence-electron chi connectivity index (χ1n) is 7.78. The van der Waals surface area contributed by atoms with Gasteiger partial charge in [-0.1, -0.05) is 18.2 Å². The van der Waals surface area contributed by atoms with Crippen LogP contribution in [0.3, 0.4) is 0 Å². The third-order valence-electron chi connectivity index (χ3n) is 3.90. The van der Waals surface area contributed by atoms with Crippen LogP contribution in [0.5, 0.6) is 0 Å². The van der Waals surface area contributed by atoms with Crippen molar-refractivity contribution in [1.82, 2.24) is 9.71 Å². The average molecular weight is 344 g/mol. The molecule has 0 aliphatic carbocycles. The van der Waals surface area contributed by atoms with Crippen molar-refractivity contribution in [2.45, 2.75) is 32.1 Å². The fourth-order valence-electron chi connectivity index (χ4n) is 2.64. The van der Waals surface area contributed by atoms with Crippen LogP contribution in [0.15, 0.2) is 45.7 Å². The maximum Gasteiger partial charge on any atom is 0.240 e. The molecule has 126 valence electrons. The van der Waals surface area contributed by atoms with Gasteiger partial charge in [-0.2, -0.15) is 0 Å². The van der Waals surface area contributed by atoms with Crippen molar-refractivity contribution in [1.29, 1.82) is 0 Å². The molecule has 2 aromatic carbocycles. The smallest absolute Gasteiger partial charge is 0.240 e. The number of hydrogen-bond acceptors (Lipinski definition) is 4. The van der Waals surface area contributed by atoms with Gasteiger partial charge in [0.25, 0.3) is 0 Å². The quantitative estimate of drug-likeness (QED) is 0.771. The summed E-state index contributed by atoms with van der Waals surface area (Å²) in [6, 6.07) is 11.2. The van der Waals surface area contributed by atoms with Crippen molar-refractivity contribution in [2.75, 3.05) is 6.54 Å². The van der Waals surface area contributed by atoms with E-state index in [0.29, 0.717) is 23.8 Å². The summed E-state index contributed by atoms with van der Waals surface area (Å²) in [6.07, 6.45) is 0.583. The van der Waals surface area contributed by atoms with Gasteiger partial charge in [-0.25, -0.2) is 18.1 Å². The zero-order valence-electron chi connectivity index (χ0n) is 14.0. The molecule has 0 bridgehead atoms. The molecule has 0 atom stereocenters. The summed E-state index contributed by atoms with van der Waals surface area (Å²) in [6.45, 7) is 5.81. The molecule has 0 aliphatic rings. The monoisotopic (exact) mass is 344 g/mol. The summed E-state index contributed by atoms with van der Waals surface area (Å²) in [5.74, 6) is 0.623. The third-order valence-corrected chi connectivity index (χ3v) is 5.50. The Balaban J connectivity index is 1.71. The number of hydrogen-bond donors (Lipinski definition) is 1. The van der Waals surface area contributed by atoms with Gasteiger partial charge in [0, 0.05) is 13.5 Å². The molecule has 3 rings (SSSR count). The van der Waals surface area contributed by atoms with Crippen LogP contribution in [0.25, 0.3) is 11.1 Å². The Labute approximate surface area is 141 Å². The molecular weight excluding hydrogens is 324 g/mol. The van der Waals surface area contributed by atoms with Gasteiger partial charge in [0.05, 0.1) is 4.90 Å². The molecule has 1 aromatic heterocycles. The molecule has 0 unspecified atom stereocenters. The number of oxazole rings is 1. The van der Waals surface area contributed by atoms with Gasteiger partial charge in [-0.15, -0.1) is 0 Å². The Morgan fingerprint density at radius 3 is 2.67 bits per heavy atom. The Morgan fingerprint density at radius 2 is 1.88 bits per heavy atom. The van der Waals surface area contributed by atoms with E-state index in [-0.39, 0.29) is 0 Å². The molecule has 1 N–H and O–H groups in total. The number of nitrogens with one attached hydrogen (secondary N) is 1. The Bertz CT molecular complexity index is 991. The lowest BCUT2D eigenvalue weighted by Crippen LogP contribution is -2.26. The molecule has 5 nitrogen and oxygen atoms in total. The summed E-state index contributed by atoms with van der Waals surface area (Å²) in [7, 11) is -3.51. The molecule has 6 heteroatoms. The van der Waals surface area contributed by atoms with Crippen LogP contribution in [0.2, 0.25) is 0 Å². The van der Waals surface area contributed by atoms with Crippen LogP contribution in [0.1, 0.15) is 22.6 Å². The van der Waals surface area contributed by atoms with E-state index in [0.717, 1.165) is 27.8 Å². The molecule has 24 heavy (non-hydrogen) atoms. The van der Waals surface area contributed by atoms with Crippen molar-refractivity contribution >= 4 is 21.1 Å². The van der Waals surface area contributed by atoms with E-state index in [2.05, 4.69) is 9.71 Å². The number of rotatable bonds is 5. The molecule has 0 fully saturated rings. The van der Waals surface area contributed by atoms with Crippen molar-refractivity contribution in [3.05, 3.63) is 59.0 Å². The lowest BCUT2D eigenvalue weighted by Gasteiger charge is -2.10. The molecule has 0 amide bonds. The van der Waals surface area contributed by atoms with Crippen LogP contribution in [-0.4, -0.2) is 19.9 Å². The molecule has 0 spiro atoms. The zero-order valence-corrected chi connectivity index (χ0v) is 14.8. The van der Waals surface area contributed by atoms with Gasteiger partial charge in [0.2, 0.25) is 10.0 Å². The number of sulfonamides is 1. The number of aromatic nitrogens is 1. The Hall–Kier alpha value is -2.18. The third kappa shape index (κ3) is 3.49. The fraction of sp³-hybridized carbons (Fsp3) is 0.278. The second kappa shape index (κ2) is 6.37. The topological polar surface area (TPSA) is 72.2 Å². The Morgan fingerprint density at radius 1 is 1.08 bits per heavy atom. The SMILES string of the molecule is Cc1ccc(C)c(S(=O)(=O)NCCc2ccc3nc(C)oc3c2)c1. The number of aryl methyl sites for hydroxylation is 3. The molecule has 1 heterocycles. The summed E-state index contributed by atoms with van der Waals surface area (Å²) in [5, 5.41) is 0. The molecule has 0 saturated heterocycles. The first-order chi connectivity index (χ1) is 11.3. The summed E-state index contributed by atoms with van der Waals surface area (Å²) in [5.41, 5.74) is 4.20. The fourth-order valence-corrected chi connectivity index (χ4v) is 4.00. The zero-order chi connectivity index (χ0) is 17.3. The van der Waals surface area contributed by atoms with Crippen LogP contribution in [-0.2, 0) is 16.4 Å². The van der Waals surface area contributed by atoms with Crippen molar-refractivity contribution in [2.24, 2.45) is 0 Å². The van der Waals surface area contributed by atoms with Gasteiger partial charge in [-0.05, 0) is 55.2 Å². The molecule has 3 aromatic rings. The number of benzene rings is 2. The van der Waals surface area contributed by atoms with Gasteiger partial charge < -0.3 is 4.42 Å². The van der Waals surface area contributed by atoms with Crippen LogP contribution < -0.4 is 4.72 Å². The maximum absolute atomic E-state index is 12.5. The van der Waals surface area contributed by atoms with Gasteiger partial charge in [0.15, 0.2) is 11.5 Å². The van der Waals surface area contributed by atoms with E-state index in [1.54, 1.807) is 19.9 Å². The Kier molecular flexibility index (Phi) is 4.43. The van der Waals surface area contributed by atoms with E-state index in [4.69, 9.17) is 4.42 Å². The average Bonchev–Trinajstić information content (AvgIpc) is 2.88. The van der Waals surface area contributed by atoms with E-state index in [9.17, 15) is 8.42 Å². The molecule has 0 aliphatic heterocycles. The second-order valence-electron chi connectivity index (χ2n) is 5.95. The van der Waals surface area contributed by atoms with Crippen molar-refractivity contribution in [3.63, 3.8) is 0 Å². The van der Waals surface area contributed by atoms with E-state index >= 15 is 0 Å². The minimum absolute atomic E-state index is 0.328. The normalized spacial score (nSPS) is 12.0. The van der Waals surface area contributed by atoms with Gasteiger partial charge >= 0.3 is 0 Å². The highest BCUT2D eigenvalue weighted by Crippen LogP contribution is 2.18. The van der Waals surface area contributed by atoms with E-state index in [1.165, 1.54) is 0 Å². The van der Waals surface area contributed by atoms with Crippen LogP contribution >= 0.6 is 0 Å². The summed E-state index contributed by atoms with van der Waals surface area (Å²) >= 11 is 0. The highest BCUT2D eigenvalue weighted by atomic mass is 32.2. The summed E-state index contributed by atoms with van der Waals surface area (Å²) in [4.78, 5) is 4.59. The standard InChI is InChI=1S/C18H20N2O3S/c1-12-4-5-13(2)18(10-12)24(21,22)19-9-8-15-6-7-16-17(11-15)23-14(3)20-16/h4-7,10-11,19H,8-9H2,1-3H3.